The van der Waals surface area contributed by atoms with E-state index in [1.807, 2.05) is 30.3 Å². The van der Waals surface area contributed by atoms with Crippen LogP contribution < -0.4 is 10.1 Å². The van der Waals surface area contributed by atoms with Crippen LogP contribution in [0.5, 0.6) is 5.75 Å². The van der Waals surface area contributed by atoms with E-state index in [-0.39, 0.29) is 11.7 Å². The van der Waals surface area contributed by atoms with Gasteiger partial charge in [0.2, 0.25) is 0 Å². The first-order valence-corrected chi connectivity index (χ1v) is 7.02. The minimum absolute atomic E-state index is 0.209. The van der Waals surface area contributed by atoms with Gasteiger partial charge in [0.1, 0.15) is 5.75 Å². The van der Waals surface area contributed by atoms with Gasteiger partial charge in [-0.1, -0.05) is 30.3 Å². The van der Waals surface area contributed by atoms with Crippen molar-refractivity contribution in [3.05, 3.63) is 65.7 Å². The first-order valence-electron chi connectivity index (χ1n) is 7.02. The Bertz CT molecular complexity index is 639. The molecule has 0 unspecified atom stereocenters. The summed E-state index contributed by atoms with van der Waals surface area (Å²) in [6.07, 6.45) is -5.20. The summed E-state index contributed by atoms with van der Waals surface area (Å²) < 4.78 is 42.8. The second-order valence-electron chi connectivity index (χ2n) is 4.99. The number of hydrogen-bond acceptors (Lipinski definition) is 2. The van der Waals surface area contributed by atoms with E-state index in [1.54, 1.807) is 0 Å². The van der Waals surface area contributed by atoms with Gasteiger partial charge in [-0.15, -0.1) is 0 Å². The highest BCUT2D eigenvalue weighted by atomic mass is 19.4. The van der Waals surface area contributed by atoms with Crippen LogP contribution in [0.2, 0.25) is 0 Å². The van der Waals surface area contributed by atoms with Crippen molar-refractivity contribution in [3.8, 4) is 5.75 Å². The van der Waals surface area contributed by atoms with Gasteiger partial charge in [0.25, 0.3) is 5.91 Å². The van der Waals surface area contributed by atoms with Crippen molar-refractivity contribution in [1.29, 1.82) is 0 Å². The molecule has 0 fully saturated rings. The smallest absolute Gasteiger partial charge is 0.416 e. The van der Waals surface area contributed by atoms with Crippen LogP contribution in [0.25, 0.3) is 0 Å². The van der Waals surface area contributed by atoms with Gasteiger partial charge in [0.05, 0.1) is 5.56 Å². The summed E-state index contributed by atoms with van der Waals surface area (Å²) in [6.45, 7) is 1.90. The molecule has 0 aromatic heterocycles. The Labute approximate surface area is 132 Å². The minimum atomic E-state index is -4.39. The van der Waals surface area contributed by atoms with Crippen LogP contribution in [0.15, 0.2) is 54.6 Å². The average molecular weight is 323 g/mol. The minimum Gasteiger partial charge on any atom is -0.481 e. The second-order valence-corrected chi connectivity index (χ2v) is 4.99. The topological polar surface area (TPSA) is 38.3 Å². The molecular weight excluding hydrogens is 307 g/mol. The lowest BCUT2D eigenvalue weighted by molar-refractivity contribution is -0.137. The molecule has 0 aliphatic rings. The molecule has 0 saturated carbocycles. The SMILES string of the molecule is C[C@@H](Oc1ccc(C(F)(F)F)cc1)C(=O)NCc1ccccc1. The Morgan fingerprint density at radius 3 is 2.26 bits per heavy atom. The molecule has 23 heavy (non-hydrogen) atoms. The largest absolute Gasteiger partial charge is 0.481 e. The van der Waals surface area contributed by atoms with Gasteiger partial charge in [-0.2, -0.15) is 13.2 Å². The maximum Gasteiger partial charge on any atom is 0.416 e. The molecule has 2 aromatic rings. The second kappa shape index (κ2) is 7.17. The third-order valence-corrected chi connectivity index (χ3v) is 3.17. The Hall–Kier alpha value is -2.50. The number of benzene rings is 2. The number of carbonyl (C=O) groups is 1. The highest BCUT2D eigenvalue weighted by Gasteiger charge is 2.30. The average Bonchev–Trinajstić information content (AvgIpc) is 2.53. The molecule has 6 heteroatoms. The molecule has 1 N–H and O–H groups in total. The maximum absolute atomic E-state index is 12.5. The number of halogens is 3. The van der Waals surface area contributed by atoms with Crippen LogP contribution in [0.1, 0.15) is 18.1 Å². The molecule has 3 nitrogen and oxygen atoms in total. The van der Waals surface area contributed by atoms with E-state index in [4.69, 9.17) is 4.74 Å². The third kappa shape index (κ3) is 5.02. The number of ether oxygens (including phenoxy) is 1. The molecule has 2 rings (SSSR count). The van der Waals surface area contributed by atoms with E-state index in [0.29, 0.717) is 6.54 Å². The van der Waals surface area contributed by atoms with Crippen LogP contribution in [-0.2, 0) is 17.5 Å². The van der Waals surface area contributed by atoms with Gasteiger partial charge in [-0.3, -0.25) is 4.79 Å². The molecule has 1 atom stereocenters. The molecule has 0 spiro atoms. The summed E-state index contributed by atoms with van der Waals surface area (Å²) in [7, 11) is 0. The Morgan fingerprint density at radius 1 is 1.09 bits per heavy atom. The summed E-state index contributed by atoms with van der Waals surface area (Å²) in [5.74, 6) is -0.130. The highest BCUT2D eigenvalue weighted by Crippen LogP contribution is 2.30. The lowest BCUT2D eigenvalue weighted by Gasteiger charge is -2.15. The van der Waals surface area contributed by atoms with E-state index in [0.717, 1.165) is 17.7 Å². The summed E-state index contributed by atoms with van der Waals surface area (Å²) in [6, 6.07) is 13.6. The van der Waals surface area contributed by atoms with Crippen LogP contribution in [0.4, 0.5) is 13.2 Å². The van der Waals surface area contributed by atoms with Gasteiger partial charge >= 0.3 is 6.18 Å². The molecule has 122 valence electrons. The molecule has 0 radical (unpaired) electrons. The van der Waals surface area contributed by atoms with E-state index >= 15 is 0 Å². The maximum atomic E-state index is 12.5. The Kier molecular flexibility index (Phi) is 5.26. The van der Waals surface area contributed by atoms with Gasteiger partial charge in [0.15, 0.2) is 6.10 Å². The Morgan fingerprint density at radius 2 is 1.70 bits per heavy atom. The van der Waals surface area contributed by atoms with Crippen molar-refractivity contribution in [2.75, 3.05) is 0 Å². The van der Waals surface area contributed by atoms with Crippen molar-refractivity contribution in [1.82, 2.24) is 5.32 Å². The molecule has 0 bridgehead atoms. The lowest BCUT2D eigenvalue weighted by Crippen LogP contribution is -2.35. The van der Waals surface area contributed by atoms with Crippen molar-refractivity contribution >= 4 is 5.91 Å². The number of hydrogen-bond donors (Lipinski definition) is 1. The molecule has 0 aliphatic carbocycles. The van der Waals surface area contributed by atoms with Gasteiger partial charge in [-0.25, -0.2) is 0 Å². The van der Waals surface area contributed by atoms with Gasteiger partial charge < -0.3 is 10.1 Å². The van der Waals surface area contributed by atoms with Gasteiger partial charge in [0, 0.05) is 6.54 Å². The third-order valence-electron chi connectivity index (χ3n) is 3.17. The molecule has 0 saturated heterocycles. The van der Waals surface area contributed by atoms with Crippen molar-refractivity contribution in [3.63, 3.8) is 0 Å². The van der Waals surface area contributed by atoms with Crippen LogP contribution in [0, 0.1) is 0 Å². The zero-order chi connectivity index (χ0) is 16.9. The first-order chi connectivity index (χ1) is 10.9. The predicted molar refractivity (Wildman–Crippen MR) is 79.8 cm³/mol. The summed E-state index contributed by atoms with van der Waals surface area (Å²) in [5.41, 5.74) is 0.189. The van der Waals surface area contributed by atoms with E-state index in [9.17, 15) is 18.0 Å². The molecule has 2 aromatic carbocycles. The Balaban J connectivity index is 1.88. The zero-order valence-electron chi connectivity index (χ0n) is 12.4. The fourth-order valence-electron chi connectivity index (χ4n) is 1.91. The summed E-state index contributed by atoms with van der Waals surface area (Å²) in [5, 5.41) is 2.71. The highest BCUT2D eigenvalue weighted by molar-refractivity contribution is 5.80. The fourth-order valence-corrected chi connectivity index (χ4v) is 1.91. The number of rotatable bonds is 5. The van der Waals surface area contributed by atoms with E-state index < -0.39 is 17.8 Å². The van der Waals surface area contributed by atoms with Crippen LogP contribution in [-0.4, -0.2) is 12.0 Å². The number of nitrogens with one attached hydrogen (secondary N) is 1. The number of carbonyl (C=O) groups excluding carboxylic acids is 1. The zero-order valence-corrected chi connectivity index (χ0v) is 12.4. The summed E-state index contributed by atoms with van der Waals surface area (Å²) in [4.78, 5) is 11.9. The molecule has 0 aliphatic heterocycles. The molecule has 0 heterocycles. The van der Waals surface area contributed by atoms with Crippen LogP contribution >= 0.6 is 0 Å². The van der Waals surface area contributed by atoms with E-state index in [1.165, 1.54) is 19.1 Å². The van der Waals surface area contributed by atoms with Gasteiger partial charge in [-0.05, 0) is 36.8 Å². The standard InChI is InChI=1S/C17H16F3NO2/c1-12(16(22)21-11-13-5-3-2-4-6-13)23-15-9-7-14(8-10-15)17(18,19)20/h2-10,12H,11H2,1H3,(H,21,22)/t12-/m1/s1. The van der Waals surface area contributed by atoms with Crippen molar-refractivity contribution < 1.29 is 22.7 Å². The number of amides is 1. The fraction of sp³-hybridized carbons (Fsp3) is 0.235. The van der Waals surface area contributed by atoms with Crippen molar-refractivity contribution in [2.45, 2.75) is 25.7 Å². The van der Waals surface area contributed by atoms with Crippen molar-refractivity contribution in [2.24, 2.45) is 0 Å². The molecular formula is C17H16F3NO2. The summed E-state index contributed by atoms with van der Waals surface area (Å²) >= 11 is 0. The lowest BCUT2D eigenvalue weighted by atomic mass is 10.2. The predicted octanol–water partition coefficient (Wildman–Crippen LogP) is 3.79. The molecule has 1 amide bonds. The first kappa shape index (κ1) is 16.9. The quantitative estimate of drug-likeness (QED) is 0.909. The number of alkyl halides is 3. The monoisotopic (exact) mass is 323 g/mol. The van der Waals surface area contributed by atoms with E-state index in [2.05, 4.69) is 5.32 Å². The normalized spacial score (nSPS) is 12.5. The van der Waals surface area contributed by atoms with Crippen LogP contribution in [0.3, 0.4) is 0 Å².